The lowest BCUT2D eigenvalue weighted by molar-refractivity contribution is 0.628. The molecule has 0 fully saturated rings. The number of para-hydroxylation sites is 1. The van der Waals surface area contributed by atoms with Gasteiger partial charge in [-0.3, -0.25) is 4.99 Å². The van der Waals surface area contributed by atoms with Crippen molar-refractivity contribution in [2.75, 3.05) is 0 Å². The Labute approximate surface area is 116 Å². The van der Waals surface area contributed by atoms with Gasteiger partial charge in [0, 0.05) is 29.9 Å². The third kappa shape index (κ3) is 2.83. The van der Waals surface area contributed by atoms with Crippen LogP contribution in [0.25, 0.3) is 5.69 Å². The van der Waals surface area contributed by atoms with E-state index in [1.165, 1.54) is 12.1 Å². The summed E-state index contributed by atoms with van der Waals surface area (Å²) in [7, 11) is 0. The fourth-order valence-electron chi connectivity index (χ4n) is 1.96. The molecule has 0 atom stereocenters. The van der Waals surface area contributed by atoms with Crippen molar-refractivity contribution in [3.8, 4) is 5.69 Å². The number of hydrogen-bond donors (Lipinski definition) is 0. The molecule has 0 radical (unpaired) electrons. The molecule has 0 spiro atoms. The van der Waals surface area contributed by atoms with Gasteiger partial charge in [0.05, 0.1) is 5.69 Å². The summed E-state index contributed by atoms with van der Waals surface area (Å²) in [5, 5.41) is 0. The molecule has 0 N–H and O–H groups in total. The highest BCUT2D eigenvalue weighted by atomic mass is 19.1. The van der Waals surface area contributed by atoms with Crippen molar-refractivity contribution in [3.05, 3.63) is 84.4 Å². The molecule has 0 aliphatic heterocycles. The summed E-state index contributed by atoms with van der Waals surface area (Å²) in [6, 6.07) is 18.3. The van der Waals surface area contributed by atoms with Crippen LogP contribution < -0.4 is 0 Å². The molecule has 20 heavy (non-hydrogen) atoms. The van der Waals surface area contributed by atoms with E-state index in [0.29, 0.717) is 5.69 Å². The third-order valence-electron chi connectivity index (χ3n) is 2.94. The van der Waals surface area contributed by atoms with Crippen LogP contribution in [0.3, 0.4) is 0 Å². The van der Waals surface area contributed by atoms with Gasteiger partial charge >= 0.3 is 0 Å². The van der Waals surface area contributed by atoms with E-state index in [9.17, 15) is 4.39 Å². The topological polar surface area (TPSA) is 17.3 Å². The Kier molecular flexibility index (Phi) is 3.42. The highest BCUT2D eigenvalue weighted by molar-refractivity contribution is 5.81. The van der Waals surface area contributed by atoms with Gasteiger partial charge in [0.15, 0.2) is 0 Å². The molecule has 98 valence electrons. The molecule has 2 aromatic carbocycles. The van der Waals surface area contributed by atoms with Gasteiger partial charge in [0.25, 0.3) is 0 Å². The molecule has 0 aliphatic carbocycles. The minimum Gasteiger partial charge on any atom is -0.323 e. The van der Waals surface area contributed by atoms with Crippen LogP contribution in [-0.2, 0) is 0 Å². The van der Waals surface area contributed by atoms with Crippen LogP contribution in [-0.4, -0.2) is 10.8 Å². The summed E-state index contributed by atoms with van der Waals surface area (Å²) in [5.41, 5.74) is 2.67. The van der Waals surface area contributed by atoms with Crippen LogP contribution >= 0.6 is 0 Å². The van der Waals surface area contributed by atoms with Crippen molar-refractivity contribution < 1.29 is 4.39 Å². The Morgan fingerprint density at radius 1 is 0.950 bits per heavy atom. The number of rotatable bonds is 3. The molecule has 3 heteroatoms. The van der Waals surface area contributed by atoms with Crippen molar-refractivity contribution in [3.63, 3.8) is 0 Å². The van der Waals surface area contributed by atoms with Crippen LogP contribution in [0.5, 0.6) is 0 Å². The summed E-state index contributed by atoms with van der Waals surface area (Å²) in [6.07, 6.45) is 5.69. The Morgan fingerprint density at radius 3 is 2.60 bits per heavy atom. The quantitative estimate of drug-likeness (QED) is 0.625. The zero-order valence-corrected chi connectivity index (χ0v) is 10.8. The SMILES string of the molecule is Fc1cccc(N=Cc2ccn(-c3ccccc3)c2)c1. The molecule has 2 nitrogen and oxygen atoms in total. The van der Waals surface area contributed by atoms with E-state index in [1.54, 1.807) is 18.3 Å². The predicted molar refractivity (Wildman–Crippen MR) is 79.4 cm³/mol. The van der Waals surface area contributed by atoms with E-state index in [-0.39, 0.29) is 5.82 Å². The van der Waals surface area contributed by atoms with Crippen molar-refractivity contribution in [2.24, 2.45) is 4.99 Å². The number of hydrogen-bond acceptors (Lipinski definition) is 1. The van der Waals surface area contributed by atoms with Gasteiger partial charge in [0.1, 0.15) is 5.82 Å². The normalized spacial score (nSPS) is 11.1. The molecule has 1 aromatic heterocycles. The lowest BCUT2D eigenvalue weighted by Gasteiger charge is -2.00. The maximum atomic E-state index is 13.0. The van der Waals surface area contributed by atoms with Gasteiger partial charge in [-0.25, -0.2) is 4.39 Å². The van der Waals surface area contributed by atoms with Crippen molar-refractivity contribution >= 4 is 11.9 Å². The first-order valence-corrected chi connectivity index (χ1v) is 6.34. The lowest BCUT2D eigenvalue weighted by atomic mass is 10.3. The van der Waals surface area contributed by atoms with Crippen molar-refractivity contribution in [2.45, 2.75) is 0 Å². The number of aromatic nitrogens is 1. The smallest absolute Gasteiger partial charge is 0.125 e. The summed E-state index contributed by atoms with van der Waals surface area (Å²) in [6.45, 7) is 0. The van der Waals surface area contributed by atoms with Gasteiger partial charge in [-0.2, -0.15) is 0 Å². The predicted octanol–water partition coefficient (Wildman–Crippen LogP) is 4.37. The minimum atomic E-state index is -0.276. The molecule has 0 bridgehead atoms. The molecule has 3 aromatic rings. The molecule has 1 heterocycles. The van der Waals surface area contributed by atoms with E-state index >= 15 is 0 Å². The van der Waals surface area contributed by atoms with E-state index in [2.05, 4.69) is 4.99 Å². The van der Waals surface area contributed by atoms with Crippen LogP contribution in [0, 0.1) is 5.82 Å². The number of halogens is 1. The second-order valence-corrected chi connectivity index (χ2v) is 4.43. The third-order valence-corrected chi connectivity index (χ3v) is 2.94. The van der Waals surface area contributed by atoms with E-state index in [4.69, 9.17) is 0 Å². The van der Waals surface area contributed by atoms with Crippen molar-refractivity contribution in [1.82, 2.24) is 4.57 Å². The summed E-state index contributed by atoms with van der Waals surface area (Å²) in [4.78, 5) is 4.27. The summed E-state index contributed by atoms with van der Waals surface area (Å²) >= 11 is 0. The molecule has 0 amide bonds. The molecular formula is C17H13FN2. The van der Waals surface area contributed by atoms with E-state index < -0.39 is 0 Å². The first-order chi connectivity index (χ1) is 9.81. The Morgan fingerprint density at radius 2 is 1.80 bits per heavy atom. The molecule has 0 saturated carbocycles. The molecular weight excluding hydrogens is 251 g/mol. The maximum Gasteiger partial charge on any atom is 0.125 e. The van der Waals surface area contributed by atoms with Crippen LogP contribution in [0.1, 0.15) is 5.56 Å². The summed E-state index contributed by atoms with van der Waals surface area (Å²) in [5.74, 6) is -0.276. The number of benzene rings is 2. The minimum absolute atomic E-state index is 0.276. The van der Waals surface area contributed by atoms with Crippen LogP contribution in [0.4, 0.5) is 10.1 Å². The number of nitrogens with zero attached hydrogens (tertiary/aromatic N) is 2. The van der Waals surface area contributed by atoms with Gasteiger partial charge < -0.3 is 4.57 Å². The largest absolute Gasteiger partial charge is 0.323 e. The summed E-state index contributed by atoms with van der Waals surface area (Å²) < 4.78 is 15.1. The highest BCUT2D eigenvalue weighted by Crippen LogP contribution is 2.14. The lowest BCUT2D eigenvalue weighted by Crippen LogP contribution is -1.88. The average Bonchev–Trinajstić information content (AvgIpc) is 2.95. The standard InChI is InChI=1S/C17H13FN2/c18-15-5-4-6-16(11-15)19-12-14-9-10-20(13-14)17-7-2-1-3-8-17/h1-13H. The fraction of sp³-hybridized carbons (Fsp3) is 0. The van der Waals surface area contributed by atoms with Gasteiger partial charge in [0.2, 0.25) is 0 Å². The van der Waals surface area contributed by atoms with Crippen LogP contribution in [0.15, 0.2) is 78.0 Å². The van der Waals surface area contributed by atoms with Gasteiger partial charge in [-0.1, -0.05) is 24.3 Å². The van der Waals surface area contributed by atoms with E-state index in [0.717, 1.165) is 11.3 Å². The zero-order chi connectivity index (χ0) is 13.8. The molecule has 0 aliphatic rings. The maximum absolute atomic E-state index is 13.0. The Balaban J connectivity index is 1.81. The molecule has 0 unspecified atom stereocenters. The van der Waals surface area contributed by atoms with Gasteiger partial charge in [-0.15, -0.1) is 0 Å². The first kappa shape index (κ1) is 12.4. The van der Waals surface area contributed by atoms with Gasteiger partial charge in [-0.05, 0) is 36.4 Å². The monoisotopic (exact) mass is 264 g/mol. The average molecular weight is 264 g/mol. The highest BCUT2D eigenvalue weighted by Gasteiger charge is 1.97. The zero-order valence-electron chi connectivity index (χ0n) is 10.8. The Hall–Kier alpha value is -2.68. The first-order valence-electron chi connectivity index (χ1n) is 6.34. The Bertz CT molecular complexity index is 730. The van der Waals surface area contributed by atoms with E-state index in [1.807, 2.05) is 53.4 Å². The second-order valence-electron chi connectivity index (χ2n) is 4.43. The number of aliphatic imine (C=N–C) groups is 1. The fourth-order valence-corrected chi connectivity index (χ4v) is 1.96. The van der Waals surface area contributed by atoms with Crippen LogP contribution in [0.2, 0.25) is 0 Å². The molecule has 3 rings (SSSR count). The van der Waals surface area contributed by atoms with Crippen molar-refractivity contribution in [1.29, 1.82) is 0 Å². The molecule has 0 saturated heterocycles. The second kappa shape index (κ2) is 5.53.